The highest BCUT2D eigenvalue weighted by molar-refractivity contribution is 7.05. The predicted octanol–water partition coefficient (Wildman–Crippen LogP) is 3.30. The molecule has 1 aliphatic heterocycles. The second-order valence-electron chi connectivity index (χ2n) is 5.86. The Bertz CT molecular complexity index is 619. The molecule has 5 heteroatoms. The van der Waals surface area contributed by atoms with Gasteiger partial charge in [-0.25, -0.2) is 9.17 Å². The lowest BCUT2D eigenvalue weighted by atomic mass is 9.88. The van der Waals surface area contributed by atoms with Gasteiger partial charge in [0.2, 0.25) is 0 Å². The molecule has 2 aromatic rings. The molecule has 0 spiro atoms. The second kappa shape index (κ2) is 7.03. The SMILES string of the molecule is O=C(O)c1ccccc1CC1CCN(Cc2ccns2)CC1. The third-order valence-electron chi connectivity index (χ3n) is 4.33. The van der Waals surface area contributed by atoms with Crippen molar-refractivity contribution < 1.29 is 9.90 Å². The van der Waals surface area contributed by atoms with Gasteiger partial charge in [0.15, 0.2) is 0 Å². The third kappa shape index (κ3) is 3.72. The topological polar surface area (TPSA) is 53.4 Å². The fourth-order valence-electron chi connectivity index (χ4n) is 3.11. The first kappa shape index (κ1) is 15.2. The lowest BCUT2D eigenvalue weighted by molar-refractivity contribution is 0.0695. The maximum atomic E-state index is 11.3. The molecule has 0 saturated carbocycles. The van der Waals surface area contributed by atoms with Gasteiger partial charge in [0.25, 0.3) is 0 Å². The number of carboxylic acid groups (broad SMARTS) is 1. The minimum Gasteiger partial charge on any atom is -0.478 e. The van der Waals surface area contributed by atoms with Crippen molar-refractivity contribution in [1.82, 2.24) is 9.27 Å². The van der Waals surface area contributed by atoms with E-state index in [2.05, 4.69) is 15.3 Å². The first-order valence-electron chi connectivity index (χ1n) is 7.65. The van der Waals surface area contributed by atoms with E-state index in [9.17, 15) is 9.90 Å². The largest absolute Gasteiger partial charge is 0.478 e. The van der Waals surface area contributed by atoms with Crippen LogP contribution in [0.15, 0.2) is 36.5 Å². The Morgan fingerprint density at radius 1 is 1.27 bits per heavy atom. The normalized spacial score (nSPS) is 16.7. The molecule has 1 aromatic heterocycles. The number of hydrogen-bond donors (Lipinski definition) is 1. The van der Waals surface area contributed by atoms with Gasteiger partial charge in [-0.3, -0.25) is 4.90 Å². The van der Waals surface area contributed by atoms with Gasteiger partial charge >= 0.3 is 5.97 Å². The van der Waals surface area contributed by atoms with E-state index in [4.69, 9.17) is 0 Å². The Morgan fingerprint density at radius 2 is 2.05 bits per heavy atom. The summed E-state index contributed by atoms with van der Waals surface area (Å²) in [5.41, 5.74) is 1.42. The van der Waals surface area contributed by atoms with Gasteiger partial charge in [-0.15, -0.1) is 0 Å². The molecule has 1 aliphatic rings. The molecule has 1 N–H and O–H groups in total. The van der Waals surface area contributed by atoms with Crippen LogP contribution in [0, 0.1) is 5.92 Å². The number of aromatic carboxylic acids is 1. The Hall–Kier alpha value is -1.72. The second-order valence-corrected chi connectivity index (χ2v) is 6.78. The van der Waals surface area contributed by atoms with Crippen molar-refractivity contribution in [2.24, 2.45) is 5.92 Å². The van der Waals surface area contributed by atoms with Crippen molar-refractivity contribution in [3.05, 3.63) is 52.5 Å². The smallest absolute Gasteiger partial charge is 0.335 e. The van der Waals surface area contributed by atoms with E-state index in [0.29, 0.717) is 11.5 Å². The molecule has 1 saturated heterocycles. The molecule has 0 aliphatic carbocycles. The van der Waals surface area contributed by atoms with E-state index in [-0.39, 0.29) is 0 Å². The lowest BCUT2D eigenvalue weighted by Crippen LogP contribution is -2.33. The summed E-state index contributed by atoms with van der Waals surface area (Å²) in [6.07, 6.45) is 4.99. The molecule has 0 bridgehead atoms. The maximum Gasteiger partial charge on any atom is 0.335 e. The molecule has 0 atom stereocenters. The predicted molar refractivity (Wildman–Crippen MR) is 87.2 cm³/mol. The highest BCUT2D eigenvalue weighted by Crippen LogP contribution is 2.24. The van der Waals surface area contributed by atoms with Crippen molar-refractivity contribution in [1.29, 1.82) is 0 Å². The van der Waals surface area contributed by atoms with Crippen LogP contribution in [0.4, 0.5) is 0 Å². The average molecular weight is 316 g/mol. The Balaban J connectivity index is 1.55. The van der Waals surface area contributed by atoms with Crippen LogP contribution in [0.2, 0.25) is 0 Å². The van der Waals surface area contributed by atoms with Crippen LogP contribution < -0.4 is 0 Å². The standard InChI is InChI=1S/C17H20N2O2S/c20-17(21)16-4-2-1-3-14(16)11-13-6-9-19(10-7-13)12-15-5-8-18-22-15/h1-5,8,13H,6-7,9-12H2,(H,20,21). The third-order valence-corrected chi connectivity index (χ3v) is 5.06. The Morgan fingerprint density at radius 3 is 2.73 bits per heavy atom. The number of benzene rings is 1. The molecule has 4 nitrogen and oxygen atoms in total. The molecule has 2 heterocycles. The van der Waals surface area contributed by atoms with Gasteiger partial charge in [0, 0.05) is 17.6 Å². The zero-order valence-electron chi connectivity index (χ0n) is 12.4. The minimum atomic E-state index is -0.821. The highest BCUT2D eigenvalue weighted by atomic mass is 32.1. The minimum absolute atomic E-state index is 0.453. The van der Waals surface area contributed by atoms with Gasteiger partial charge < -0.3 is 5.11 Å². The van der Waals surface area contributed by atoms with Crippen molar-refractivity contribution >= 4 is 17.5 Å². The molecule has 0 unspecified atom stereocenters. The van der Waals surface area contributed by atoms with Crippen molar-refractivity contribution in [3.8, 4) is 0 Å². The summed E-state index contributed by atoms with van der Waals surface area (Å²) < 4.78 is 4.14. The molecule has 1 aromatic carbocycles. The zero-order valence-corrected chi connectivity index (χ0v) is 13.3. The quantitative estimate of drug-likeness (QED) is 0.919. The molecule has 22 heavy (non-hydrogen) atoms. The molecule has 0 amide bonds. The average Bonchev–Trinajstić information content (AvgIpc) is 3.02. The van der Waals surface area contributed by atoms with Crippen molar-refractivity contribution in [2.45, 2.75) is 25.8 Å². The van der Waals surface area contributed by atoms with Crippen LogP contribution in [0.5, 0.6) is 0 Å². The number of piperidine rings is 1. The maximum absolute atomic E-state index is 11.3. The fourth-order valence-corrected chi connectivity index (χ4v) is 3.73. The van der Waals surface area contributed by atoms with Gasteiger partial charge in [-0.1, -0.05) is 18.2 Å². The summed E-state index contributed by atoms with van der Waals surface area (Å²) in [7, 11) is 0. The number of likely N-dealkylation sites (tertiary alicyclic amines) is 1. The summed E-state index contributed by atoms with van der Waals surface area (Å²) in [6.45, 7) is 3.15. The van der Waals surface area contributed by atoms with Crippen molar-refractivity contribution in [2.75, 3.05) is 13.1 Å². The zero-order chi connectivity index (χ0) is 15.4. The van der Waals surface area contributed by atoms with E-state index in [0.717, 1.165) is 44.5 Å². The van der Waals surface area contributed by atoms with E-state index in [1.807, 2.05) is 18.3 Å². The molecule has 3 rings (SSSR count). The number of nitrogens with zero attached hydrogens (tertiary/aromatic N) is 2. The van der Waals surface area contributed by atoms with E-state index < -0.39 is 5.97 Å². The molecular weight excluding hydrogens is 296 g/mol. The van der Waals surface area contributed by atoms with E-state index >= 15 is 0 Å². The lowest BCUT2D eigenvalue weighted by Gasteiger charge is -2.31. The fraction of sp³-hybridized carbons (Fsp3) is 0.412. The van der Waals surface area contributed by atoms with Crippen molar-refractivity contribution in [3.63, 3.8) is 0 Å². The summed E-state index contributed by atoms with van der Waals surface area (Å²) >= 11 is 1.57. The number of carboxylic acids is 1. The van der Waals surface area contributed by atoms with E-state index in [1.54, 1.807) is 23.7 Å². The van der Waals surface area contributed by atoms with Crippen LogP contribution in [-0.4, -0.2) is 33.4 Å². The van der Waals surface area contributed by atoms with Crippen LogP contribution in [0.3, 0.4) is 0 Å². The molecule has 0 radical (unpaired) electrons. The molecule has 1 fully saturated rings. The van der Waals surface area contributed by atoms with E-state index in [1.165, 1.54) is 4.88 Å². The Labute approximate surface area is 134 Å². The van der Waals surface area contributed by atoms with Gasteiger partial charge in [0.05, 0.1) is 5.56 Å². The van der Waals surface area contributed by atoms with Crippen LogP contribution in [-0.2, 0) is 13.0 Å². The first-order chi connectivity index (χ1) is 10.7. The van der Waals surface area contributed by atoms with Crippen LogP contribution >= 0.6 is 11.5 Å². The first-order valence-corrected chi connectivity index (χ1v) is 8.43. The van der Waals surface area contributed by atoms with Gasteiger partial charge in [0.1, 0.15) is 0 Å². The monoisotopic (exact) mass is 316 g/mol. The number of hydrogen-bond acceptors (Lipinski definition) is 4. The molecule has 116 valence electrons. The van der Waals surface area contributed by atoms with Gasteiger partial charge in [-0.2, -0.15) is 0 Å². The molecular formula is C17H20N2O2S. The number of carbonyl (C=O) groups is 1. The summed E-state index contributed by atoms with van der Waals surface area (Å²) in [5, 5.41) is 9.27. The van der Waals surface area contributed by atoms with Crippen LogP contribution in [0.1, 0.15) is 33.6 Å². The highest BCUT2D eigenvalue weighted by Gasteiger charge is 2.21. The summed E-state index contributed by atoms with van der Waals surface area (Å²) in [4.78, 5) is 15.1. The Kier molecular flexibility index (Phi) is 4.85. The van der Waals surface area contributed by atoms with Gasteiger partial charge in [-0.05, 0) is 67.5 Å². The number of aromatic nitrogens is 1. The summed E-state index contributed by atoms with van der Waals surface area (Å²) in [5.74, 6) is -0.239. The summed E-state index contributed by atoms with van der Waals surface area (Å²) in [6, 6.07) is 9.47. The number of rotatable bonds is 5. The van der Waals surface area contributed by atoms with Crippen LogP contribution in [0.25, 0.3) is 0 Å².